The van der Waals surface area contributed by atoms with E-state index < -0.39 is 23.8 Å². The van der Waals surface area contributed by atoms with Gasteiger partial charge in [0.15, 0.2) is 0 Å². The molecule has 1 atom stereocenters. The fourth-order valence-corrected chi connectivity index (χ4v) is 7.78. The van der Waals surface area contributed by atoms with Gasteiger partial charge in [-0.1, -0.05) is 91.3 Å². The number of nitrogens with one attached hydrogen (secondary N) is 3. The zero-order valence-corrected chi connectivity index (χ0v) is 38.5. The Morgan fingerprint density at radius 1 is 0.902 bits per heavy atom. The minimum Gasteiger partial charge on any atom is -0.359 e. The van der Waals surface area contributed by atoms with Gasteiger partial charge in [0.1, 0.15) is 29.0 Å². The summed E-state index contributed by atoms with van der Waals surface area (Å²) >= 11 is 1.80. The Morgan fingerprint density at radius 2 is 1.57 bits per heavy atom. The minimum atomic E-state index is -1.12. The number of aromatic nitrogens is 3. The Balaban J connectivity index is 0.000000386. The first-order valence-corrected chi connectivity index (χ1v) is 22.1. The Kier molecular flexibility index (Phi) is 22.3. The number of carbonyl (C=O) groups is 6. The maximum atomic E-state index is 13.0. The van der Waals surface area contributed by atoms with Crippen molar-refractivity contribution >= 4 is 58.9 Å². The second kappa shape index (κ2) is 26.5. The zero-order valence-electron chi connectivity index (χ0n) is 37.7. The van der Waals surface area contributed by atoms with Crippen molar-refractivity contribution in [1.82, 2.24) is 30.3 Å². The van der Waals surface area contributed by atoms with Gasteiger partial charge in [0, 0.05) is 43.3 Å². The van der Waals surface area contributed by atoms with E-state index in [2.05, 4.69) is 103 Å². The molecule has 330 valence electrons. The largest absolute Gasteiger partial charge is 0.359 e. The zero-order chi connectivity index (χ0) is 45.6. The second-order valence-electron chi connectivity index (χ2n) is 14.1. The number of thiophene rings is 1. The number of amides is 5. The van der Waals surface area contributed by atoms with Gasteiger partial charge in [-0.05, 0) is 80.9 Å². The van der Waals surface area contributed by atoms with E-state index in [1.807, 2.05) is 20.8 Å². The summed E-state index contributed by atoms with van der Waals surface area (Å²) in [5.41, 5.74) is 6.43. The molecule has 61 heavy (non-hydrogen) atoms. The van der Waals surface area contributed by atoms with Gasteiger partial charge in [0.05, 0.1) is 16.8 Å². The predicted octanol–water partition coefficient (Wildman–Crippen LogP) is 8.50. The van der Waals surface area contributed by atoms with Gasteiger partial charge >= 0.3 is 0 Å². The Hall–Kier alpha value is -5.76. The standard InChI is InChI=1S/C21H26N4O6.C21H25N3S.C3H8.C2H6/c1-22-19(29)16(9-6-12-26)25-20(30)14-7-5-8-15(18(14)21(25)31)24-17(28)10-3-2-4-11-23-13-27;1-7-17-9-11-18(12-10-17)14(4)20-13(3)15(5)25-21(20)24-16(6)22-23-19(24)8-2;1-3-2;1-2/h5,7-8,12-13,16H,2-4,6,9-11H2,1H3,(H,22,29)(H,23,27)(H,24,28);9-12H,4,7-8H2,1-3,5-6H3;3H2,1-2H3;1-2H3. The van der Waals surface area contributed by atoms with Crippen LogP contribution < -0.4 is 16.0 Å². The molecule has 0 radical (unpaired) electrons. The number of benzene rings is 2. The molecule has 13 nitrogen and oxygen atoms in total. The van der Waals surface area contributed by atoms with E-state index in [4.69, 9.17) is 0 Å². The van der Waals surface area contributed by atoms with Crippen LogP contribution in [0.25, 0.3) is 10.6 Å². The number of aldehydes is 1. The summed E-state index contributed by atoms with van der Waals surface area (Å²) < 4.78 is 2.19. The molecule has 1 aliphatic heterocycles. The maximum Gasteiger partial charge on any atom is 0.264 e. The van der Waals surface area contributed by atoms with Crippen LogP contribution in [0.15, 0.2) is 49.0 Å². The van der Waals surface area contributed by atoms with Crippen molar-refractivity contribution in [3.05, 3.63) is 99.0 Å². The first-order chi connectivity index (χ1) is 29.3. The number of anilines is 1. The number of hydrogen-bond donors (Lipinski definition) is 3. The number of nitrogens with zero attached hydrogens (tertiary/aromatic N) is 4. The third-order valence-electron chi connectivity index (χ3n) is 9.74. The lowest BCUT2D eigenvalue weighted by atomic mass is 9.96. The molecule has 0 saturated carbocycles. The minimum absolute atomic E-state index is 0.00922. The van der Waals surface area contributed by atoms with E-state index in [-0.39, 0.29) is 42.0 Å². The van der Waals surface area contributed by atoms with Crippen LogP contribution in [0.5, 0.6) is 0 Å². The summed E-state index contributed by atoms with van der Waals surface area (Å²) in [4.78, 5) is 73.6. The lowest BCUT2D eigenvalue weighted by molar-refractivity contribution is -0.125. The highest BCUT2D eigenvalue weighted by atomic mass is 32.1. The number of rotatable bonds is 18. The molecule has 0 spiro atoms. The van der Waals surface area contributed by atoms with Crippen LogP contribution in [0.4, 0.5) is 5.69 Å². The molecule has 2 aromatic carbocycles. The second-order valence-corrected chi connectivity index (χ2v) is 15.3. The van der Waals surface area contributed by atoms with Crippen molar-refractivity contribution in [2.75, 3.05) is 18.9 Å². The lowest BCUT2D eigenvalue weighted by Gasteiger charge is -2.24. The van der Waals surface area contributed by atoms with Gasteiger partial charge in [-0.3, -0.25) is 33.4 Å². The molecule has 3 N–H and O–H groups in total. The summed E-state index contributed by atoms with van der Waals surface area (Å²) in [5, 5.41) is 17.4. The Labute approximate surface area is 365 Å². The topological polar surface area (TPSA) is 172 Å². The number of likely N-dealkylation sites (N-methyl/N-ethyl adjacent to an activating group) is 1. The quantitative estimate of drug-likeness (QED) is 0.0508. The van der Waals surface area contributed by atoms with E-state index in [1.165, 1.54) is 57.7 Å². The molecule has 1 unspecified atom stereocenters. The van der Waals surface area contributed by atoms with Gasteiger partial charge < -0.3 is 20.7 Å². The summed E-state index contributed by atoms with van der Waals surface area (Å²) in [6, 6.07) is 12.2. The van der Waals surface area contributed by atoms with Crippen LogP contribution in [0.2, 0.25) is 0 Å². The molecule has 0 bridgehead atoms. The molecule has 0 saturated heterocycles. The van der Waals surface area contributed by atoms with E-state index >= 15 is 0 Å². The Morgan fingerprint density at radius 3 is 2.16 bits per heavy atom. The first kappa shape index (κ1) is 51.4. The van der Waals surface area contributed by atoms with Crippen LogP contribution >= 0.6 is 11.3 Å². The summed E-state index contributed by atoms with van der Waals surface area (Å²) in [6.07, 6.45) is 6.73. The normalized spacial score (nSPS) is 11.7. The van der Waals surface area contributed by atoms with E-state index in [1.54, 1.807) is 17.4 Å². The van der Waals surface area contributed by atoms with Crippen LogP contribution in [0, 0.1) is 20.8 Å². The average molecular weight is 856 g/mol. The van der Waals surface area contributed by atoms with Gasteiger partial charge in [-0.15, -0.1) is 21.5 Å². The van der Waals surface area contributed by atoms with Crippen LogP contribution in [0.3, 0.4) is 0 Å². The van der Waals surface area contributed by atoms with Crippen LogP contribution in [0.1, 0.15) is 146 Å². The molecule has 5 rings (SSSR count). The number of fused-ring (bicyclic) bond motifs is 1. The molecule has 0 aliphatic carbocycles. The monoisotopic (exact) mass is 855 g/mol. The van der Waals surface area contributed by atoms with E-state index in [0.29, 0.717) is 25.7 Å². The molecule has 5 amide bonds. The summed E-state index contributed by atoms with van der Waals surface area (Å²) in [6.45, 7) is 23.9. The third kappa shape index (κ3) is 13.4. The smallest absolute Gasteiger partial charge is 0.264 e. The number of hydrogen-bond acceptors (Lipinski definition) is 9. The average Bonchev–Trinajstić information content (AvgIpc) is 3.88. The van der Waals surface area contributed by atoms with Crippen molar-refractivity contribution < 1.29 is 28.8 Å². The number of aryl methyl sites for hydroxylation is 4. The van der Waals surface area contributed by atoms with Gasteiger partial charge in [-0.25, -0.2) is 0 Å². The SMILES string of the molecule is C=C(c1ccc(CC)cc1)c1c(-n2c(C)nnc2CC)sc(C)c1C.CC.CCC.CNC(=O)C(CCC=O)N1C(=O)c2cccc(NC(=O)CCCCCNC=O)c2C1=O. The van der Waals surface area contributed by atoms with Crippen molar-refractivity contribution in [2.24, 2.45) is 0 Å². The lowest BCUT2D eigenvalue weighted by Crippen LogP contribution is -2.48. The highest BCUT2D eigenvalue weighted by Crippen LogP contribution is 2.39. The molecule has 3 heterocycles. The fourth-order valence-electron chi connectivity index (χ4n) is 6.53. The van der Waals surface area contributed by atoms with Crippen molar-refractivity contribution in [1.29, 1.82) is 0 Å². The molecular formula is C47H65N7O6S. The van der Waals surface area contributed by atoms with E-state index in [0.717, 1.165) is 47.8 Å². The van der Waals surface area contributed by atoms with Gasteiger partial charge in [0.2, 0.25) is 18.2 Å². The molecule has 4 aromatic rings. The molecule has 1 aliphatic rings. The molecular weight excluding hydrogens is 791 g/mol. The molecule has 2 aromatic heterocycles. The van der Waals surface area contributed by atoms with Crippen LogP contribution in [-0.2, 0) is 32.0 Å². The van der Waals surface area contributed by atoms with E-state index in [9.17, 15) is 28.8 Å². The summed E-state index contributed by atoms with van der Waals surface area (Å²) in [7, 11) is 1.38. The highest BCUT2D eigenvalue weighted by molar-refractivity contribution is 7.15. The molecule has 0 fully saturated rings. The fraction of sp³-hybridized carbons (Fsp3) is 0.447. The maximum absolute atomic E-state index is 13.0. The first-order valence-electron chi connectivity index (χ1n) is 21.3. The number of imide groups is 1. The number of unbranched alkanes of at least 4 members (excludes halogenated alkanes) is 2. The molecule has 14 heteroatoms. The number of carbonyl (C=O) groups excluding carboxylic acids is 6. The van der Waals surface area contributed by atoms with Gasteiger partial charge in [0.25, 0.3) is 11.8 Å². The van der Waals surface area contributed by atoms with Crippen molar-refractivity contribution in [2.45, 2.75) is 126 Å². The van der Waals surface area contributed by atoms with Crippen molar-refractivity contribution in [3.63, 3.8) is 0 Å². The Bertz CT molecular complexity index is 2100. The highest BCUT2D eigenvalue weighted by Gasteiger charge is 2.43. The van der Waals surface area contributed by atoms with Gasteiger partial charge in [-0.2, -0.15) is 0 Å². The predicted molar refractivity (Wildman–Crippen MR) is 245 cm³/mol. The summed E-state index contributed by atoms with van der Waals surface area (Å²) in [5.74, 6) is -0.263. The van der Waals surface area contributed by atoms with Crippen LogP contribution in [-0.4, -0.2) is 75.6 Å². The van der Waals surface area contributed by atoms with Crippen molar-refractivity contribution in [3.8, 4) is 5.00 Å². The third-order valence-corrected chi connectivity index (χ3v) is 10.9.